The van der Waals surface area contributed by atoms with E-state index in [1.807, 2.05) is 51.1 Å². The van der Waals surface area contributed by atoms with Crippen molar-refractivity contribution < 1.29 is 17.9 Å². The number of piperazine rings is 1. The third kappa shape index (κ3) is 7.81. The van der Waals surface area contributed by atoms with E-state index in [0.29, 0.717) is 39.1 Å². The molecule has 0 saturated carbocycles. The van der Waals surface area contributed by atoms with Gasteiger partial charge in [0.2, 0.25) is 0 Å². The number of sulfone groups is 1. The molecular weight excluding hydrogens is 531 g/mol. The van der Waals surface area contributed by atoms with Crippen molar-refractivity contribution in [1.82, 2.24) is 15.1 Å². The molecule has 10 heteroatoms. The van der Waals surface area contributed by atoms with Crippen LogP contribution in [0.25, 0.3) is 0 Å². The summed E-state index contributed by atoms with van der Waals surface area (Å²) in [6, 6.07) is 9.38. The number of nitrogens with zero attached hydrogens (tertiary/aromatic N) is 3. The van der Waals surface area contributed by atoms with Crippen molar-refractivity contribution in [3.63, 3.8) is 0 Å². The largest absolute Gasteiger partial charge is 0.444 e. The zero-order chi connectivity index (χ0) is 21.8. The molecule has 0 radical (unpaired) electrons. The van der Waals surface area contributed by atoms with Crippen molar-refractivity contribution in [3.8, 4) is 0 Å². The number of fused-ring (bicyclic) bond motifs is 1. The predicted octanol–water partition coefficient (Wildman–Crippen LogP) is 2.49. The van der Waals surface area contributed by atoms with Gasteiger partial charge in [0, 0.05) is 26.2 Å². The maximum atomic E-state index is 12.3. The van der Waals surface area contributed by atoms with Crippen LogP contribution < -0.4 is 5.32 Å². The van der Waals surface area contributed by atoms with Gasteiger partial charge < -0.3 is 19.9 Å². The number of hydrogen-bond acceptors (Lipinski definition) is 7. The molecule has 0 aromatic heterocycles. The SMILES string of the molecule is CC(C)(C)OC(=O)N1CCN2C(NCCCS(=O)(=O)Cc3ccccc3)=NCC2C1.I. The van der Waals surface area contributed by atoms with E-state index in [9.17, 15) is 13.2 Å². The third-order valence-electron chi connectivity index (χ3n) is 5.00. The van der Waals surface area contributed by atoms with Crippen LogP contribution in [0.2, 0.25) is 0 Å². The van der Waals surface area contributed by atoms with Gasteiger partial charge in [-0.2, -0.15) is 0 Å². The summed E-state index contributed by atoms with van der Waals surface area (Å²) in [5.41, 5.74) is 0.310. The Labute approximate surface area is 202 Å². The summed E-state index contributed by atoms with van der Waals surface area (Å²) >= 11 is 0. The lowest BCUT2D eigenvalue weighted by atomic mass is 10.2. The molecule has 31 heavy (non-hydrogen) atoms. The highest BCUT2D eigenvalue weighted by molar-refractivity contribution is 14.0. The normalized spacial score (nSPS) is 18.7. The number of hydrogen-bond donors (Lipinski definition) is 1. The summed E-state index contributed by atoms with van der Waals surface area (Å²) in [6.45, 7) is 8.60. The van der Waals surface area contributed by atoms with Crippen LogP contribution in [-0.4, -0.2) is 80.4 Å². The van der Waals surface area contributed by atoms with Gasteiger partial charge in [0.15, 0.2) is 15.8 Å². The molecule has 2 heterocycles. The van der Waals surface area contributed by atoms with Gasteiger partial charge >= 0.3 is 6.09 Å². The highest BCUT2D eigenvalue weighted by atomic mass is 127. The van der Waals surface area contributed by atoms with Crippen LogP contribution in [-0.2, 0) is 20.3 Å². The average Bonchev–Trinajstić information content (AvgIpc) is 3.06. The Morgan fingerprint density at radius 2 is 1.94 bits per heavy atom. The molecule has 174 valence electrons. The molecule has 3 rings (SSSR count). The van der Waals surface area contributed by atoms with Gasteiger partial charge in [-0.05, 0) is 32.8 Å². The number of carbonyl (C=O) groups is 1. The van der Waals surface area contributed by atoms with E-state index in [0.717, 1.165) is 11.5 Å². The molecule has 1 atom stereocenters. The number of carbonyl (C=O) groups excluding carboxylic acids is 1. The van der Waals surface area contributed by atoms with Crippen LogP contribution in [0.5, 0.6) is 0 Å². The number of benzene rings is 1. The van der Waals surface area contributed by atoms with E-state index in [2.05, 4.69) is 15.2 Å². The van der Waals surface area contributed by atoms with Crippen LogP contribution in [0, 0.1) is 0 Å². The van der Waals surface area contributed by atoms with E-state index in [1.165, 1.54) is 0 Å². The van der Waals surface area contributed by atoms with E-state index in [4.69, 9.17) is 4.74 Å². The van der Waals surface area contributed by atoms with Crippen LogP contribution in [0.15, 0.2) is 35.3 Å². The summed E-state index contributed by atoms with van der Waals surface area (Å²) in [4.78, 5) is 20.8. The van der Waals surface area contributed by atoms with E-state index in [1.54, 1.807) is 4.90 Å². The first-order valence-corrected chi connectivity index (χ1v) is 12.2. The van der Waals surface area contributed by atoms with Gasteiger partial charge in [-0.25, -0.2) is 13.2 Å². The van der Waals surface area contributed by atoms with Crippen LogP contribution in [0.3, 0.4) is 0 Å². The molecule has 1 aromatic carbocycles. The van der Waals surface area contributed by atoms with Crippen molar-refractivity contribution in [3.05, 3.63) is 35.9 Å². The van der Waals surface area contributed by atoms with Crippen LogP contribution in [0.1, 0.15) is 32.8 Å². The second-order valence-corrected chi connectivity index (χ2v) is 11.0. The molecule has 1 N–H and O–H groups in total. The fraction of sp³-hybridized carbons (Fsp3) is 0.619. The van der Waals surface area contributed by atoms with Crippen molar-refractivity contribution in [2.24, 2.45) is 4.99 Å². The first-order chi connectivity index (χ1) is 14.1. The lowest BCUT2D eigenvalue weighted by Gasteiger charge is -2.39. The van der Waals surface area contributed by atoms with E-state index < -0.39 is 15.4 Å². The molecule has 0 bridgehead atoms. The Hall–Kier alpha value is -1.56. The smallest absolute Gasteiger partial charge is 0.410 e. The Morgan fingerprint density at radius 1 is 1.23 bits per heavy atom. The van der Waals surface area contributed by atoms with Gasteiger partial charge in [0.1, 0.15) is 5.60 Å². The van der Waals surface area contributed by atoms with Crippen LogP contribution in [0.4, 0.5) is 4.79 Å². The van der Waals surface area contributed by atoms with Gasteiger partial charge in [0.05, 0.1) is 24.1 Å². The van der Waals surface area contributed by atoms with Crippen molar-refractivity contribution >= 4 is 45.9 Å². The minimum absolute atomic E-state index is 0. The summed E-state index contributed by atoms with van der Waals surface area (Å²) in [5, 5.41) is 3.28. The number of guanidine groups is 1. The van der Waals surface area contributed by atoms with Gasteiger partial charge in [-0.15, -0.1) is 24.0 Å². The molecule has 1 unspecified atom stereocenters. The first kappa shape index (κ1) is 25.7. The fourth-order valence-corrected chi connectivity index (χ4v) is 5.04. The first-order valence-electron chi connectivity index (χ1n) is 10.4. The highest BCUT2D eigenvalue weighted by Crippen LogP contribution is 2.18. The molecule has 8 nitrogen and oxygen atoms in total. The fourth-order valence-electron chi connectivity index (χ4n) is 3.62. The maximum absolute atomic E-state index is 12.3. The number of rotatable bonds is 6. The number of amides is 1. The number of ether oxygens (including phenoxy) is 1. The van der Waals surface area contributed by atoms with Crippen molar-refractivity contribution in [1.29, 1.82) is 0 Å². The van der Waals surface area contributed by atoms with Crippen LogP contribution >= 0.6 is 24.0 Å². The molecule has 1 fully saturated rings. The number of halogens is 1. The van der Waals surface area contributed by atoms with E-state index >= 15 is 0 Å². The topological polar surface area (TPSA) is 91.3 Å². The number of aliphatic imine (C=N–C) groups is 1. The monoisotopic (exact) mass is 564 g/mol. The zero-order valence-electron chi connectivity index (χ0n) is 18.4. The Bertz CT molecular complexity index is 871. The second-order valence-electron chi connectivity index (χ2n) is 8.80. The standard InChI is InChI=1S/C21H32N4O4S.HI/c1-21(2,3)29-20(26)24-11-12-25-18(15-24)14-23-19(25)22-10-7-13-30(27,28)16-17-8-5-4-6-9-17;/h4-6,8-9,18H,7,10-16H2,1-3H3,(H,22,23);1H. The third-order valence-corrected chi connectivity index (χ3v) is 6.69. The Balaban J connectivity index is 0.00000341. The predicted molar refractivity (Wildman–Crippen MR) is 133 cm³/mol. The number of nitrogens with one attached hydrogen (secondary N) is 1. The van der Waals surface area contributed by atoms with Gasteiger partial charge in [-0.3, -0.25) is 4.99 Å². The maximum Gasteiger partial charge on any atom is 0.410 e. The quantitative estimate of drug-likeness (QED) is 0.422. The molecule has 1 saturated heterocycles. The minimum Gasteiger partial charge on any atom is -0.444 e. The molecule has 1 amide bonds. The van der Waals surface area contributed by atoms with Gasteiger partial charge in [-0.1, -0.05) is 30.3 Å². The summed E-state index contributed by atoms with van der Waals surface area (Å²) in [7, 11) is -3.14. The van der Waals surface area contributed by atoms with E-state index in [-0.39, 0.29) is 47.6 Å². The lowest BCUT2D eigenvalue weighted by Crippen LogP contribution is -2.57. The molecular formula is C21H33IN4O4S. The lowest BCUT2D eigenvalue weighted by molar-refractivity contribution is 0.0137. The van der Waals surface area contributed by atoms with Crippen molar-refractivity contribution in [2.45, 2.75) is 44.6 Å². The summed E-state index contributed by atoms with van der Waals surface area (Å²) in [5.74, 6) is 1.01. The molecule has 0 aliphatic carbocycles. The Morgan fingerprint density at radius 3 is 2.61 bits per heavy atom. The molecule has 0 spiro atoms. The summed E-state index contributed by atoms with van der Waals surface area (Å²) in [6.07, 6.45) is 0.240. The van der Waals surface area contributed by atoms with Gasteiger partial charge in [0.25, 0.3) is 0 Å². The molecule has 2 aliphatic heterocycles. The summed E-state index contributed by atoms with van der Waals surface area (Å²) < 4.78 is 30.1. The average molecular weight is 564 g/mol. The molecule has 1 aromatic rings. The second kappa shape index (κ2) is 10.8. The highest BCUT2D eigenvalue weighted by Gasteiger charge is 2.36. The minimum atomic E-state index is -3.14. The van der Waals surface area contributed by atoms with Crippen molar-refractivity contribution in [2.75, 3.05) is 38.5 Å². The Kier molecular flexibility index (Phi) is 8.99. The molecule has 2 aliphatic rings. The zero-order valence-corrected chi connectivity index (χ0v) is 21.6.